The molecule has 1 saturated carbocycles. The second-order valence-electron chi connectivity index (χ2n) is 6.31. The van der Waals surface area contributed by atoms with Gasteiger partial charge in [0.2, 0.25) is 0 Å². The second kappa shape index (κ2) is 4.41. The van der Waals surface area contributed by atoms with E-state index in [1.54, 1.807) is 0 Å². The van der Waals surface area contributed by atoms with Gasteiger partial charge in [-0.1, -0.05) is 33.8 Å². The quantitative estimate of drug-likeness (QED) is 0.790. The number of rotatable bonds is 5. The molecule has 1 aliphatic rings. The number of nitrogens with one attached hydrogen (secondary N) is 1. The number of pyridine rings is 1. The number of hydrogen-bond acceptors (Lipinski definition) is 2. The van der Waals surface area contributed by atoms with Crippen LogP contribution in [-0.2, 0) is 6.42 Å². The lowest BCUT2D eigenvalue weighted by Gasteiger charge is -2.05. The van der Waals surface area contributed by atoms with Gasteiger partial charge in [-0.2, -0.15) is 0 Å². The fourth-order valence-corrected chi connectivity index (χ4v) is 2.87. The van der Waals surface area contributed by atoms with Crippen molar-refractivity contribution in [2.45, 2.75) is 34.1 Å². The lowest BCUT2D eigenvalue weighted by Crippen LogP contribution is -2.22. The van der Waals surface area contributed by atoms with Crippen LogP contribution in [0.1, 0.15) is 33.3 Å². The van der Waals surface area contributed by atoms with E-state index in [4.69, 9.17) is 0 Å². The predicted octanol–water partition coefficient (Wildman–Crippen LogP) is 2.90. The molecule has 0 saturated heterocycles. The van der Waals surface area contributed by atoms with Crippen molar-refractivity contribution in [3.05, 3.63) is 30.1 Å². The highest BCUT2D eigenvalue weighted by Gasteiger charge is 2.63. The van der Waals surface area contributed by atoms with Crippen LogP contribution in [0, 0.1) is 16.7 Å². The molecule has 94 valence electrons. The van der Waals surface area contributed by atoms with E-state index in [0.717, 1.165) is 25.4 Å². The zero-order valence-electron chi connectivity index (χ0n) is 11.5. The Morgan fingerprint density at radius 2 is 1.94 bits per heavy atom. The van der Waals surface area contributed by atoms with Crippen molar-refractivity contribution in [3.63, 3.8) is 0 Å². The predicted molar refractivity (Wildman–Crippen MR) is 71.9 cm³/mol. The Labute approximate surface area is 105 Å². The molecule has 1 aromatic rings. The van der Waals surface area contributed by atoms with Gasteiger partial charge in [0.15, 0.2) is 0 Å². The Morgan fingerprint density at radius 3 is 2.47 bits per heavy atom. The molecule has 0 spiro atoms. The summed E-state index contributed by atoms with van der Waals surface area (Å²) in [6.07, 6.45) is 4.85. The minimum absolute atomic E-state index is 0.494. The zero-order valence-corrected chi connectivity index (χ0v) is 11.5. The van der Waals surface area contributed by atoms with Gasteiger partial charge in [0, 0.05) is 12.4 Å². The summed E-state index contributed by atoms with van der Waals surface area (Å²) in [6, 6.07) is 4.14. The summed E-state index contributed by atoms with van der Waals surface area (Å²) in [7, 11) is 0. The third kappa shape index (κ3) is 2.37. The van der Waals surface area contributed by atoms with E-state index >= 15 is 0 Å². The Hall–Kier alpha value is -0.890. The van der Waals surface area contributed by atoms with Crippen molar-refractivity contribution in [1.29, 1.82) is 0 Å². The van der Waals surface area contributed by atoms with Crippen LogP contribution < -0.4 is 5.32 Å². The molecule has 0 radical (unpaired) electrons. The number of hydrogen-bond donors (Lipinski definition) is 1. The molecular weight excluding hydrogens is 208 g/mol. The van der Waals surface area contributed by atoms with Crippen LogP contribution in [0.15, 0.2) is 24.5 Å². The molecule has 17 heavy (non-hydrogen) atoms. The van der Waals surface area contributed by atoms with Crippen LogP contribution in [-0.4, -0.2) is 18.1 Å². The standard InChI is InChI=1S/C15H24N2/c1-14(2)13(15(14,3)4)11-17-9-7-12-6-5-8-16-10-12/h5-6,8,10,13,17H,7,9,11H2,1-4H3. The minimum atomic E-state index is 0.494. The first-order chi connectivity index (χ1) is 7.96. The van der Waals surface area contributed by atoms with E-state index in [1.807, 2.05) is 18.5 Å². The molecule has 0 bridgehead atoms. The van der Waals surface area contributed by atoms with Gasteiger partial charge >= 0.3 is 0 Å². The molecule has 0 aliphatic heterocycles. The third-order valence-electron chi connectivity index (χ3n) is 4.98. The van der Waals surface area contributed by atoms with Crippen LogP contribution in [0.2, 0.25) is 0 Å². The molecule has 1 aliphatic carbocycles. The fourth-order valence-electron chi connectivity index (χ4n) is 2.87. The van der Waals surface area contributed by atoms with Crippen LogP contribution in [0.25, 0.3) is 0 Å². The average molecular weight is 232 g/mol. The maximum absolute atomic E-state index is 4.13. The van der Waals surface area contributed by atoms with Gasteiger partial charge in [0.25, 0.3) is 0 Å². The smallest absolute Gasteiger partial charge is 0.0300 e. The second-order valence-corrected chi connectivity index (χ2v) is 6.31. The minimum Gasteiger partial charge on any atom is -0.316 e. The largest absolute Gasteiger partial charge is 0.316 e. The van der Waals surface area contributed by atoms with E-state index in [0.29, 0.717) is 10.8 Å². The Kier molecular flexibility index (Phi) is 3.26. The summed E-state index contributed by atoms with van der Waals surface area (Å²) in [4.78, 5) is 4.13. The summed E-state index contributed by atoms with van der Waals surface area (Å²) in [5.74, 6) is 0.809. The highest BCUT2D eigenvalue weighted by molar-refractivity contribution is 5.13. The maximum atomic E-state index is 4.13. The van der Waals surface area contributed by atoms with Crippen LogP contribution in [0.4, 0.5) is 0 Å². The SMILES string of the molecule is CC1(C)C(CNCCc2cccnc2)C1(C)C. The highest BCUT2D eigenvalue weighted by Crippen LogP contribution is 2.67. The van der Waals surface area contributed by atoms with Gasteiger partial charge in [0.1, 0.15) is 0 Å². The molecular formula is C15H24N2. The molecule has 1 N–H and O–H groups in total. The van der Waals surface area contributed by atoms with Gasteiger partial charge in [0.05, 0.1) is 0 Å². The lowest BCUT2D eigenvalue weighted by atomic mass is 10.0. The lowest BCUT2D eigenvalue weighted by molar-refractivity contribution is 0.457. The van der Waals surface area contributed by atoms with Crippen molar-refractivity contribution >= 4 is 0 Å². The monoisotopic (exact) mass is 232 g/mol. The topological polar surface area (TPSA) is 24.9 Å². The zero-order chi connectivity index (χ0) is 12.5. The van der Waals surface area contributed by atoms with Crippen molar-refractivity contribution in [2.75, 3.05) is 13.1 Å². The van der Waals surface area contributed by atoms with E-state index in [9.17, 15) is 0 Å². The van der Waals surface area contributed by atoms with E-state index in [-0.39, 0.29) is 0 Å². The van der Waals surface area contributed by atoms with Crippen LogP contribution in [0.5, 0.6) is 0 Å². The summed E-state index contributed by atoms with van der Waals surface area (Å²) < 4.78 is 0. The summed E-state index contributed by atoms with van der Waals surface area (Å²) >= 11 is 0. The van der Waals surface area contributed by atoms with Crippen molar-refractivity contribution in [1.82, 2.24) is 10.3 Å². The van der Waals surface area contributed by atoms with E-state index in [2.05, 4.69) is 44.1 Å². The molecule has 2 rings (SSSR count). The van der Waals surface area contributed by atoms with Gasteiger partial charge in [-0.15, -0.1) is 0 Å². The fraction of sp³-hybridized carbons (Fsp3) is 0.667. The van der Waals surface area contributed by atoms with E-state index < -0.39 is 0 Å². The molecule has 0 amide bonds. The van der Waals surface area contributed by atoms with Gasteiger partial charge < -0.3 is 5.32 Å². The van der Waals surface area contributed by atoms with Crippen molar-refractivity contribution in [3.8, 4) is 0 Å². The van der Waals surface area contributed by atoms with E-state index in [1.165, 1.54) is 5.56 Å². The first-order valence-electron chi connectivity index (χ1n) is 6.56. The normalized spacial score (nSPS) is 21.4. The molecule has 0 aromatic carbocycles. The molecule has 1 fully saturated rings. The van der Waals surface area contributed by atoms with Crippen molar-refractivity contribution < 1.29 is 0 Å². The molecule has 1 aromatic heterocycles. The van der Waals surface area contributed by atoms with Gasteiger partial charge in [-0.05, 0) is 47.9 Å². The number of aromatic nitrogens is 1. The first-order valence-corrected chi connectivity index (χ1v) is 6.56. The van der Waals surface area contributed by atoms with Gasteiger partial charge in [-0.3, -0.25) is 4.98 Å². The molecule has 1 heterocycles. The molecule has 0 unspecified atom stereocenters. The van der Waals surface area contributed by atoms with Crippen LogP contribution >= 0.6 is 0 Å². The highest BCUT2D eigenvalue weighted by atomic mass is 14.9. The maximum Gasteiger partial charge on any atom is 0.0300 e. The van der Waals surface area contributed by atoms with Crippen molar-refractivity contribution in [2.24, 2.45) is 16.7 Å². The number of nitrogens with zero attached hydrogens (tertiary/aromatic N) is 1. The molecule has 2 heteroatoms. The summed E-state index contributed by atoms with van der Waals surface area (Å²) in [6.45, 7) is 11.7. The summed E-state index contributed by atoms with van der Waals surface area (Å²) in [5, 5.41) is 3.58. The average Bonchev–Trinajstić information content (AvgIpc) is 2.67. The van der Waals surface area contributed by atoms with Gasteiger partial charge in [-0.25, -0.2) is 0 Å². The van der Waals surface area contributed by atoms with Crippen LogP contribution in [0.3, 0.4) is 0 Å². The Bertz CT molecular complexity index is 354. The Morgan fingerprint density at radius 1 is 1.24 bits per heavy atom. The first kappa shape index (κ1) is 12.6. The molecule has 0 atom stereocenters. The summed E-state index contributed by atoms with van der Waals surface area (Å²) in [5.41, 5.74) is 2.30. The molecule has 2 nitrogen and oxygen atoms in total. The Balaban J connectivity index is 1.69. The third-order valence-corrected chi connectivity index (χ3v) is 4.98.